The summed E-state index contributed by atoms with van der Waals surface area (Å²) in [7, 11) is 0. The molecule has 0 saturated carbocycles. The van der Waals surface area contributed by atoms with Gasteiger partial charge in [0, 0.05) is 6.54 Å². The van der Waals surface area contributed by atoms with Crippen molar-refractivity contribution in [2.45, 2.75) is 45.7 Å². The number of para-hydroxylation sites is 2. The van der Waals surface area contributed by atoms with Crippen LogP contribution in [0.1, 0.15) is 33.1 Å². The van der Waals surface area contributed by atoms with Crippen molar-refractivity contribution in [2.75, 3.05) is 16.8 Å². The highest BCUT2D eigenvalue weighted by atomic mass is 16.5. The second kappa shape index (κ2) is 8.57. The zero-order valence-electron chi connectivity index (χ0n) is 17.3. The first-order chi connectivity index (χ1) is 14.6. The Morgan fingerprint density at radius 3 is 2.60 bits per heavy atom. The molecule has 2 heterocycles. The van der Waals surface area contributed by atoms with Gasteiger partial charge >= 0.3 is 0 Å². The molecule has 0 aliphatic carbocycles. The number of fused-ring (bicyclic) bond motifs is 1. The number of benzene rings is 2. The Kier molecular flexibility index (Phi) is 5.70. The Morgan fingerprint density at radius 2 is 1.87 bits per heavy atom. The van der Waals surface area contributed by atoms with Crippen molar-refractivity contribution in [1.82, 2.24) is 9.55 Å². The minimum absolute atomic E-state index is 0.0977. The maximum atomic E-state index is 13.0. The molecular formula is C23H26N4O3. The molecule has 1 saturated heterocycles. The number of unbranched alkanes of at least 4 members (excludes halogenated alkanes) is 1. The fourth-order valence-electron chi connectivity index (χ4n) is 3.70. The van der Waals surface area contributed by atoms with Gasteiger partial charge < -0.3 is 14.6 Å². The summed E-state index contributed by atoms with van der Waals surface area (Å²) in [5.41, 5.74) is 2.41. The van der Waals surface area contributed by atoms with Crippen molar-refractivity contribution in [2.24, 2.45) is 0 Å². The highest BCUT2D eigenvalue weighted by molar-refractivity contribution is 6.23. The predicted molar refractivity (Wildman–Crippen MR) is 117 cm³/mol. The first kappa shape index (κ1) is 19.9. The summed E-state index contributed by atoms with van der Waals surface area (Å²) in [6.07, 6.45) is 2.15. The number of anilines is 2. The number of carbonyl (C=O) groups is 2. The van der Waals surface area contributed by atoms with Crippen molar-refractivity contribution in [3.63, 3.8) is 0 Å². The van der Waals surface area contributed by atoms with Crippen LogP contribution in [0.4, 0.5) is 11.6 Å². The molecule has 2 amide bonds. The zero-order valence-corrected chi connectivity index (χ0v) is 17.3. The highest BCUT2D eigenvalue weighted by Crippen LogP contribution is 2.28. The van der Waals surface area contributed by atoms with Gasteiger partial charge in [0.15, 0.2) is 0 Å². The number of imidazole rings is 1. The number of hydrogen-bond donors (Lipinski definition) is 1. The largest absolute Gasteiger partial charge is 0.494 e. The van der Waals surface area contributed by atoms with Crippen LogP contribution < -0.4 is 15.0 Å². The monoisotopic (exact) mass is 406 g/mol. The van der Waals surface area contributed by atoms with Gasteiger partial charge in [-0.25, -0.2) is 9.88 Å². The van der Waals surface area contributed by atoms with Crippen LogP contribution in [0.15, 0.2) is 48.5 Å². The van der Waals surface area contributed by atoms with Crippen LogP contribution in [0.3, 0.4) is 0 Å². The number of aryl methyl sites for hydroxylation is 1. The van der Waals surface area contributed by atoms with Gasteiger partial charge in [0.2, 0.25) is 11.9 Å². The number of amides is 2. The molecule has 3 aromatic rings. The molecule has 1 N–H and O–H groups in total. The fraction of sp³-hybridized carbons (Fsp3) is 0.348. The van der Waals surface area contributed by atoms with Gasteiger partial charge in [-0.1, -0.05) is 25.5 Å². The van der Waals surface area contributed by atoms with Crippen LogP contribution in [0, 0.1) is 0 Å². The topological polar surface area (TPSA) is 76.5 Å². The Labute approximate surface area is 175 Å². The van der Waals surface area contributed by atoms with E-state index in [1.165, 1.54) is 4.90 Å². The Hall–Kier alpha value is -3.35. The van der Waals surface area contributed by atoms with E-state index in [9.17, 15) is 9.59 Å². The van der Waals surface area contributed by atoms with E-state index in [0.29, 0.717) is 24.8 Å². The van der Waals surface area contributed by atoms with Gasteiger partial charge in [-0.3, -0.25) is 9.59 Å². The molecular weight excluding hydrogens is 380 g/mol. The average molecular weight is 406 g/mol. The fourth-order valence-corrected chi connectivity index (χ4v) is 3.70. The van der Waals surface area contributed by atoms with Gasteiger partial charge in [0.25, 0.3) is 5.91 Å². The van der Waals surface area contributed by atoms with E-state index in [1.807, 2.05) is 35.8 Å². The third-order valence-electron chi connectivity index (χ3n) is 5.28. The molecule has 0 unspecified atom stereocenters. The lowest BCUT2D eigenvalue weighted by Crippen LogP contribution is -2.35. The van der Waals surface area contributed by atoms with Gasteiger partial charge in [-0.15, -0.1) is 0 Å². The maximum Gasteiger partial charge on any atom is 0.256 e. The van der Waals surface area contributed by atoms with E-state index in [2.05, 4.69) is 17.2 Å². The second-order valence-corrected chi connectivity index (χ2v) is 7.33. The average Bonchev–Trinajstić information content (AvgIpc) is 3.25. The van der Waals surface area contributed by atoms with Crippen LogP contribution >= 0.6 is 0 Å². The third kappa shape index (κ3) is 3.75. The highest BCUT2D eigenvalue weighted by Gasteiger charge is 2.40. The molecule has 2 aromatic carbocycles. The molecule has 1 aliphatic heterocycles. The summed E-state index contributed by atoms with van der Waals surface area (Å²) in [6.45, 7) is 5.50. The predicted octanol–water partition coefficient (Wildman–Crippen LogP) is 3.98. The quantitative estimate of drug-likeness (QED) is 0.452. The molecule has 30 heavy (non-hydrogen) atoms. The lowest BCUT2D eigenvalue weighted by molar-refractivity contribution is -0.121. The molecule has 4 rings (SSSR count). The first-order valence-electron chi connectivity index (χ1n) is 10.4. The molecule has 1 atom stereocenters. The smallest absolute Gasteiger partial charge is 0.256 e. The van der Waals surface area contributed by atoms with Gasteiger partial charge in [-0.2, -0.15) is 0 Å². The third-order valence-corrected chi connectivity index (χ3v) is 5.28. The zero-order chi connectivity index (χ0) is 21.1. The van der Waals surface area contributed by atoms with E-state index in [-0.39, 0.29) is 18.2 Å². The lowest BCUT2D eigenvalue weighted by atomic mass is 10.2. The van der Waals surface area contributed by atoms with Gasteiger partial charge in [0.05, 0.1) is 29.7 Å². The van der Waals surface area contributed by atoms with Crippen LogP contribution in [-0.4, -0.2) is 34.0 Å². The first-order valence-corrected chi connectivity index (χ1v) is 10.4. The number of hydrogen-bond acceptors (Lipinski definition) is 5. The normalized spacial score (nSPS) is 16.5. The summed E-state index contributed by atoms with van der Waals surface area (Å²) >= 11 is 0. The van der Waals surface area contributed by atoms with Crippen LogP contribution in [0.25, 0.3) is 11.0 Å². The minimum Gasteiger partial charge on any atom is -0.494 e. The van der Waals surface area contributed by atoms with Crippen LogP contribution in [-0.2, 0) is 16.1 Å². The molecule has 0 spiro atoms. The summed E-state index contributed by atoms with van der Waals surface area (Å²) in [6, 6.07) is 14.3. The second-order valence-electron chi connectivity index (χ2n) is 7.33. The Bertz CT molecular complexity index is 1060. The number of nitrogens with one attached hydrogen (secondary N) is 1. The summed E-state index contributed by atoms with van der Waals surface area (Å²) in [5.74, 6) is 0.842. The molecule has 0 radical (unpaired) electrons. The molecule has 156 valence electrons. The van der Waals surface area contributed by atoms with E-state index >= 15 is 0 Å². The summed E-state index contributed by atoms with van der Waals surface area (Å²) in [4.78, 5) is 31.5. The number of carbonyl (C=O) groups excluding carboxylic acids is 2. The number of imide groups is 1. The summed E-state index contributed by atoms with van der Waals surface area (Å²) in [5, 5.41) is 3.19. The van der Waals surface area contributed by atoms with Crippen molar-refractivity contribution >= 4 is 34.5 Å². The van der Waals surface area contributed by atoms with E-state index < -0.39 is 6.04 Å². The number of aromatic nitrogens is 2. The summed E-state index contributed by atoms with van der Waals surface area (Å²) < 4.78 is 7.67. The molecule has 7 heteroatoms. The Morgan fingerprint density at radius 1 is 1.10 bits per heavy atom. The molecule has 1 aromatic heterocycles. The van der Waals surface area contributed by atoms with Crippen molar-refractivity contribution in [3.05, 3.63) is 48.5 Å². The molecule has 7 nitrogen and oxygen atoms in total. The minimum atomic E-state index is -0.639. The molecule has 1 aliphatic rings. The van der Waals surface area contributed by atoms with Crippen molar-refractivity contribution in [3.8, 4) is 5.75 Å². The molecule has 0 bridgehead atoms. The van der Waals surface area contributed by atoms with E-state index in [1.54, 1.807) is 24.3 Å². The molecule has 1 fully saturated rings. The van der Waals surface area contributed by atoms with Gasteiger partial charge in [-0.05, 0) is 49.7 Å². The van der Waals surface area contributed by atoms with E-state index in [0.717, 1.165) is 29.6 Å². The number of rotatable bonds is 8. The standard InChI is InChI=1S/C23H26N4O3/c1-3-5-14-30-17-12-10-16(11-13-17)27-21(28)15-19(22(27)29)25-23-24-18-8-6-7-9-20(18)26(23)4-2/h6-13,19H,3-5,14-15H2,1-2H3,(H,24,25)/t19-/m1/s1. The van der Waals surface area contributed by atoms with Gasteiger partial charge in [0.1, 0.15) is 11.8 Å². The van der Waals surface area contributed by atoms with Crippen LogP contribution in [0.5, 0.6) is 5.75 Å². The van der Waals surface area contributed by atoms with Crippen molar-refractivity contribution < 1.29 is 14.3 Å². The number of nitrogens with zero attached hydrogens (tertiary/aromatic N) is 3. The van der Waals surface area contributed by atoms with Crippen molar-refractivity contribution in [1.29, 1.82) is 0 Å². The maximum absolute atomic E-state index is 13.0. The lowest BCUT2D eigenvalue weighted by Gasteiger charge is -2.17. The van der Waals surface area contributed by atoms with E-state index in [4.69, 9.17) is 4.74 Å². The van der Waals surface area contributed by atoms with Crippen LogP contribution in [0.2, 0.25) is 0 Å². The number of ether oxygens (including phenoxy) is 1. The Balaban J connectivity index is 1.51. The SMILES string of the molecule is CCCCOc1ccc(N2C(=O)C[C@@H](Nc3nc4ccccc4n3CC)C2=O)cc1.